The number of halogens is 1. The van der Waals surface area contributed by atoms with E-state index < -0.39 is 0 Å². The molecule has 1 saturated heterocycles. The van der Waals surface area contributed by atoms with Gasteiger partial charge in [-0.25, -0.2) is 9.97 Å². The molecule has 0 amide bonds. The SMILES string of the molecule is Brc1cccc2c1CCC2Nc1cc(N2CCOCC2)ncn1. The van der Waals surface area contributed by atoms with E-state index in [0.717, 1.165) is 50.8 Å². The molecule has 1 aliphatic heterocycles. The van der Waals surface area contributed by atoms with Crippen LogP contribution >= 0.6 is 15.9 Å². The van der Waals surface area contributed by atoms with E-state index in [-0.39, 0.29) is 0 Å². The van der Waals surface area contributed by atoms with Gasteiger partial charge in [-0.1, -0.05) is 28.1 Å². The number of fused-ring (bicyclic) bond motifs is 1. The Hall–Kier alpha value is -1.66. The summed E-state index contributed by atoms with van der Waals surface area (Å²) in [5, 5.41) is 3.57. The number of hydrogen-bond donors (Lipinski definition) is 1. The maximum absolute atomic E-state index is 5.40. The molecule has 4 rings (SSSR count). The Labute approximate surface area is 144 Å². The summed E-state index contributed by atoms with van der Waals surface area (Å²) < 4.78 is 6.61. The average molecular weight is 375 g/mol. The fraction of sp³-hybridized carbons (Fsp3) is 0.412. The van der Waals surface area contributed by atoms with E-state index in [0.29, 0.717) is 6.04 Å². The molecule has 1 aliphatic carbocycles. The van der Waals surface area contributed by atoms with Crippen LogP contribution in [0.1, 0.15) is 23.6 Å². The highest BCUT2D eigenvalue weighted by atomic mass is 79.9. The minimum atomic E-state index is 0.315. The third-order valence-electron chi connectivity index (χ3n) is 4.52. The summed E-state index contributed by atoms with van der Waals surface area (Å²) >= 11 is 3.65. The zero-order chi connectivity index (χ0) is 15.6. The molecule has 0 bridgehead atoms. The summed E-state index contributed by atoms with van der Waals surface area (Å²) in [4.78, 5) is 11.1. The van der Waals surface area contributed by atoms with Crippen LogP contribution in [0.2, 0.25) is 0 Å². The van der Waals surface area contributed by atoms with Crippen LogP contribution in [0.3, 0.4) is 0 Å². The molecule has 0 radical (unpaired) electrons. The van der Waals surface area contributed by atoms with Crippen LogP contribution in [0.5, 0.6) is 0 Å². The van der Waals surface area contributed by atoms with Gasteiger partial charge in [0.1, 0.15) is 18.0 Å². The number of anilines is 2. The lowest BCUT2D eigenvalue weighted by molar-refractivity contribution is 0.122. The summed E-state index contributed by atoms with van der Waals surface area (Å²) in [6, 6.07) is 8.77. The van der Waals surface area contributed by atoms with E-state index in [1.165, 1.54) is 15.6 Å². The summed E-state index contributed by atoms with van der Waals surface area (Å²) in [6.07, 6.45) is 3.83. The molecule has 2 heterocycles. The lowest BCUT2D eigenvalue weighted by atomic mass is 10.1. The number of ether oxygens (including phenoxy) is 1. The van der Waals surface area contributed by atoms with E-state index in [9.17, 15) is 0 Å². The summed E-state index contributed by atoms with van der Waals surface area (Å²) in [5.41, 5.74) is 2.78. The summed E-state index contributed by atoms with van der Waals surface area (Å²) in [5.74, 6) is 1.86. The molecule has 2 aromatic rings. The molecule has 0 saturated carbocycles. The van der Waals surface area contributed by atoms with Gasteiger partial charge in [-0.05, 0) is 30.0 Å². The maximum atomic E-state index is 5.40. The van der Waals surface area contributed by atoms with Gasteiger partial charge in [0.2, 0.25) is 0 Å². The molecule has 1 unspecified atom stereocenters. The number of morpholine rings is 1. The van der Waals surface area contributed by atoms with E-state index >= 15 is 0 Å². The highest BCUT2D eigenvalue weighted by Gasteiger charge is 2.24. The maximum Gasteiger partial charge on any atom is 0.134 e. The van der Waals surface area contributed by atoms with Crippen molar-refractivity contribution in [3.63, 3.8) is 0 Å². The highest BCUT2D eigenvalue weighted by Crippen LogP contribution is 2.37. The lowest BCUT2D eigenvalue weighted by Gasteiger charge is -2.28. The molecule has 120 valence electrons. The lowest BCUT2D eigenvalue weighted by Crippen LogP contribution is -2.36. The van der Waals surface area contributed by atoms with Crippen LogP contribution in [0.15, 0.2) is 35.1 Å². The van der Waals surface area contributed by atoms with Crippen molar-refractivity contribution in [3.8, 4) is 0 Å². The Morgan fingerprint density at radius 1 is 1.22 bits per heavy atom. The van der Waals surface area contributed by atoms with Crippen molar-refractivity contribution in [2.75, 3.05) is 36.5 Å². The van der Waals surface area contributed by atoms with Gasteiger partial charge in [0.05, 0.1) is 19.3 Å². The Morgan fingerprint density at radius 3 is 2.96 bits per heavy atom. The molecule has 5 nitrogen and oxygen atoms in total. The van der Waals surface area contributed by atoms with E-state index in [1.807, 2.05) is 6.07 Å². The van der Waals surface area contributed by atoms with E-state index in [4.69, 9.17) is 4.74 Å². The molecule has 1 N–H and O–H groups in total. The molecule has 2 aliphatic rings. The molecule has 23 heavy (non-hydrogen) atoms. The predicted octanol–water partition coefficient (Wildman–Crippen LogP) is 3.18. The van der Waals surface area contributed by atoms with Crippen LogP contribution in [-0.4, -0.2) is 36.3 Å². The number of nitrogens with one attached hydrogen (secondary N) is 1. The fourth-order valence-electron chi connectivity index (χ4n) is 3.33. The van der Waals surface area contributed by atoms with Crippen LogP contribution in [-0.2, 0) is 11.2 Å². The molecule has 1 aromatic carbocycles. The minimum Gasteiger partial charge on any atom is -0.378 e. The zero-order valence-electron chi connectivity index (χ0n) is 12.8. The second-order valence-corrected chi connectivity index (χ2v) is 6.76. The average Bonchev–Trinajstić information content (AvgIpc) is 3.00. The van der Waals surface area contributed by atoms with Gasteiger partial charge in [0.25, 0.3) is 0 Å². The van der Waals surface area contributed by atoms with Crippen molar-refractivity contribution in [1.82, 2.24) is 9.97 Å². The summed E-state index contributed by atoms with van der Waals surface area (Å²) in [7, 11) is 0. The molecule has 6 heteroatoms. The molecular weight excluding hydrogens is 356 g/mol. The normalized spacial score (nSPS) is 20.4. The van der Waals surface area contributed by atoms with Crippen LogP contribution in [0.4, 0.5) is 11.6 Å². The molecule has 0 spiro atoms. The molecule has 1 aromatic heterocycles. The third-order valence-corrected chi connectivity index (χ3v) is 5.27. The highest BCUT2D eigenvalue weighted by molar-refractivity contribution is 9.10. The Kier molecular flexibility index (Phi) is 4.18. The van der Waals surface area contributed by atoms with E-state index in [2.05, 4.69) is 54.3 Å². The predicted molar refractivity (Wildman–Crippen MR) is 93.9 cm³/mol. The molecule has 1 atom stereocenters. The second-order valence-electron chi connectivity index (χ2n) is 5.90. The smallest absolute Gasteiger partial charge is 0.134 e. The van der Waals surface area contributed by atoms with Crippen LogP contribution < -0.4 is 10.2 Å². The zero-order valence-corrected chi connectivity index (χ0v) is 14.4. The van der Waals surface area contributed by atoms with Gasteiger partial charge < -0.3 is 15.0 Å². The van der Waals surface area contributed by atoms with E-state index in [1.54, 1.807) is 6.33 Å². The topological polar surface area (TPSA) is 50.3 Å². The van der Waals surface area contributed by atoms with Gasteiger partial charge in [0, 0.05) is 23.6 Å². The first-order valence-corrected chi connectivity index (χ1v) is 8.79. The second kappa shape index (κ2) is 6.45. The van der Waals surface area contributed by atoms with Crippen LogP contribution in [0.25, 0.3) is 0 Å². The Morgan fingerprint density at radius 2 is 2.09 bits per heavy atom. The quantitative estimate of drug-likeness (QED) is 0.893. The van der Waals surface area contributed by atoms with Gasteiger partial charge >= 0.3 is 0 Å². The first-order valence-electron chi connectivity index (χ1n) is 8.00. The van der Waals surface area contributed by atoms with Gasteiger partial charge in [-0.15, -0.1) is 0 Å². The fourth-order valence-corrected chi connectivity index (χ4v) is 3.91. The number of nitrogens with zero attached hydrogens (tertiary/aromatic N) is 3. The van der Waals surface area contributed by atoms with Crippen molar-refractivity contribution >= 4 is 27.6 Å². The molecule has 1 fully saturated rings. The van der Waals surface area contributed by atoms with Crippen molar-refractivity contribution < 1.29 is 4.74 Å². The number of hydrogen-bond acceptors (Lipinski definition) is 5. The van der Waals surface area contributed by atoms with Gasteiger partial charge in [0.15, 0.2) is 0 Å². The number of aromatic nitrogens is 2. The molecular formula is C17H19BrN4O. The summed E-state index contributed by atoms with van der Waals surface area (Å²) in [6.45, 7) is 3.29. The first kappa shape index (κ1) is 14.9. The van der Waals surface area contributed by atoms with Crippen molar-refractivity contribution in [2.24, 2.45) is 0 Å². The number of rotatable bonds is 3. The number of benzene rings is 1. The monoisotopic (exact) mass is 374 g/mol. The van der Waals surface area contributed by atoms with Crippen molar-refractivity contribution in [2.45, 2.75) is 18.9 Å². The first-order chi connectivity index (χ1) is 11.3. The minimum absolute atomic E-state index is 0.315. The van der Waals surface area contributed by atoms with Crippen molar-refractivity contribution in [3.05, 3.63) is 46.2 Å². The standard InChI is InChI=1S/C17H19BrN4O/c18-14-3-1-2-13-12(14)4-5-15(13)21-16-10-17(20-11-19-16)22-6-8-23-9-7-22/h1-3,10-11,15H,4-9H2,(H,19,20,21). The van der Waals surface area contributed by atoms with Crippen LogP contribution in [0, 0.1) is 0 Å². The largest absolute Gasteiger partial charge is 0.378 e. The van der Waals surface area contributed by atoms with Gasteiger partial charge in [-0.3, -0.25) is 0 Å². The van der Waals surface area contributed by atoms with Crippen molar-refractivity contribution in [1.29, 1.82) is 0 Å². The third kappa shape index (κ3) is 3.05. The Bertz CT molecular complexity index is 703. The van der Waals surface area contributed by atoms with Gasteiger partial charge in [-0.2, -0.15) is 0 Å². The Balaban J connectivity index is 1.53.